The minimum absolute atomic E-state index is 0.119. The minimum Gasteiger partial charge on any atom is -0.497 e. The lowest BCUT2D eigenvalue weighted by molar-refractivity contribution is -0.122. The third-order valence-electron chi connectivity index (χ3n) is 5.12. The lowest BCUT2D eigenvalue weighted by Crippen LogP contribution is -2.54. The van der Waals surface area contributed by atoms with Gasteiger partial charge in [-0.15, -0.1) is 0 Å². The van der Waals surface area contributed by atoms with E-state index in [1.807, 2.05) is 0 Å². The number of nitrogens with one attached hydrogen (secondary N) is 2. The van der Waals surface area contributed by atoms with E-state index in [4.69, 9.17) is 9.47 Å². The Morgan fingerprint density at radius 3 is 2.22 bits per heavy atom. The van der Waals surface area contributed by atoms with E-state index in [1.54, 1.807) is 55.6 Å². The molecule has 0 spiro atoms. The minimum atomic E-state index is -0.926. The lowest BCUT2D eigenvalue weighted by atomic mass is 10.1. The Hall–Kier alpha value is -4.99. The first-order valence-corrected chi connectivity index (χ1v) is 10.7. The van der Waals surface area contributed by atoms with E-state index in [2.05, 4.69) is 10.6 Å². The standard InChI is InChI=1S/C26H20FN3O6/c1-35-20-12-6-18(7-13-20)28-23(31)15-36-21-10-2-16(3-11-21)14-22-24(32)29-26(34)30(25(22)33)19-8-4-17(27)5-9-19/h2-14H,15H2,1H3,(H,28,31)(H,29,32,34). The summed E-state index contributed by atoms with van der Waals surface area (Å²) in [5.41, 5.74) is 0.923. The Balaban J connectivity index is 1.40. The number of carbonyl (C=O) groups excluding carboxylic acids is 4. The molecule has 3 aromatic carbocycles. The number of hydrogen-bond donors (Lipinski definition) is 2. The Labute approximate surface area is 205 Å². The van der Waals surface area contributed by atoms with Gasteiger partial charge >= 0.3 is 6.03 Å². The summed E-state index contributed by atoms with van der Waals surface area (Å²) in [7, 11) is 1.55. The molecule has 0 aromatic heterocycles. The van der Waals surface area contributed by atoms with Crippen LogP contribution in [0, 0.1) is 5.82 Å². The van der Waals surface area contributed by atoms with Crippen molar-refractivity contribution in [1.29, 1.82) is 0 Å². The summed E-state index contributed by atoms with van der Waals surface area (Å²) >= 11 is 0. The smallest absolute Gasteiger partial charge is 0.335 e. The van der Waals surface area contributed by atoms with E-state index in [0.29, 0.717) is 22.7 Å². The molecule has 5 amide bonds. The molecule has 182 valence electrons. The molecule has 10 heteroatoms. The maximum Gasteiger partial charge on any atom is 0.335 e. The summed E-state index contributed by atoms with van der Waals surface area (Å²) in [4.78, 5) is 50.3. The molecule has 0 bridgehead atoms. The van der Waals surface area contributed by atoms with Gasteiger partial charge in [-0.2, -0.15) is 0 Å². The fraction of sp³-hybridized carbons (Fsp3) is 0.0769. The van der Waals surface area contributed by atoms with Crippen LogP contribution in [0.4, 0.5) is 20.6 Å². The van der Waals surface area contributed by atoms with Crippen LogP contribution in [0.2, 0.25) is 0 Å². The fourth-order valence-corrected chi connectivity index (χ4v) is 3.33. The number of ether oxygens (including phenoxy) is 2. The molecule has 0 radical (unpaired) electrons. The zero-order valence-corrected chi connectivity index (χ0v) is 19.0. The maximum atomic E-state index is 13.2. The van der Waals surface area contributed by atoms with E-state index in [9.17, 15) is 23.6 Å². The highest BCUT2D eigenvalue weighted by molar-refractivity contribution is 6.39. The molecule has 3 aromatic rings. The summed E-state index contributed by atoms with van der Waals surface area (Å²) in [6, 6.07) is 17.0. The van der Waals surface area contributed by atoms with Crippen LogP contribution in [0.15, 0.2) is 78.4 Å². The maximum absolute atomic E-state index is 13.2. The third-order valence-corrected chi connectivity index (χ3v) is 5.12. The summed E-state index contributed by atoms with van der Waals surface area (Å²) < 4.78 is 23.8. The van der Waals surface area contributed by atoms with Gasteiger partial charge in [-0.25, -0.2) is 14.1 Å². The van der Waals surface area contributed by atoms with Crippen LogP contribution >= 0.6 is 0 Å². The highest BCUT2D eigenvalue weighted by Crippen LogP contribution is 2.23. The molecule has 1 aliphatic rings. The van der Waals surface area contributed by atoms with Crippen LogP contribution in [0.5, 0.6) is 11.5 Å². The number of halogens is 1. The number of methoxy groups -OCH3 is 1. The second-order valence-corrected chi connectivity index (χ2v) is 7.57. The molecule has 36 heavy (non-hydrogen) atoms. The topological polar surface area (TPSA) is 114 Å². The van der Waals surface area contributed by atoms with Crippen LogP contribution in [0.25, 0.3) is 6.08 Å². The molecule has 0 unspecified atom stereocenters. The first-order chi connectivity index (χ1) is 17.3. The lowest BCUT2D eigenvalue weighted by Gasteiger charge is -2.26. The molecule has 1 saturated heterocycles. The average Bonchev–Trinajstić information content (AvgIpc) is 2.87. The molecule has 1 heterocycles. The second kappa shape index (κ2) is 10.5. The predicted molar refractivity (Wildman–Crippen MR) is 129 cm³/mol. The largest absolute Gasteiger partial charge is 0.497 e. The van der Waals surface area contributed by atoms with Crippen molar-refractivity contribution in [2.45, 2.75) is 0 Å². The molecule has 0 aliphatic carbocycles. The molecule has 4 rings (SSSR count). The van der Waals surface area contributed by atoms with Crippen molar-refractivity contribution in [3.63, 3.8) is 0 Å². The zero-order valence-electron chi connectivity index (χ0n) is 19.0. The fourth-order valence-electron chi connectivity index (χ4n) is 3.33. The second-order valence-electron chi connectivity index (χ2n) is 7.57. The predicted octanol–water partition coefficient (Wildman–Crippen LogP) is 3.52. The Kier molecular flexibility index (Phi) is 7.05. The van der Waals surface area contributed by atoms with Crippen molar-refractivity contribution >= 4 is 41.2 Å². The van der Waals surface area contributed by atoms with Gasteiger partial charge in [0.2, 0.25) is 0 Å². The molecule has 1 aliphatic heterocycles. The Morgan fingerprint density at radius 2 is 1.58 bits per heavy atom. The van der Waals surface area contributed by atoms with Gasteiger partial charge in [0.25, 0.3) is 17.7 Å². The van der Waals surface area contributed by atoms with E-state index < -0.39 is 23.7 Å². The van der Waals surface area contributed by atoms with Gasteiger partial charge in [0, 0.05) is 5.69 Å². The number of barbiturate groups is 1. The third kappa shape index (κ3) is 5.55. The number of anilines is 2. The number of nitrogens with zero attached hydrogens (tertiary/aromatic N) is 1. The van der Waals surface area contributed by atoms with Crippen LogP contribution < -0.4 is 25.0 Å². The van der Waals surface area contributed by atoms with E-state index in [0.717, 1.165) is 17.0 Å². The first kappa shape index (κ1) is 24.1. The van der Waals surface area contributed by atoms with Gasteiger partial charge in [-0.05, 0) is 72.3 Å². The van der Waals surface area contributed by atoms with Crippen molar-refractivity contribution in [1.82, 2.24) is 5.32 Å². The number of hydrogen-bond acceptors (Lipinski definition) is 6. The average molecular weight is 489 g/mol. The van der Waals surface area contributed by atoms with Gasteiger partial charge in [-0.3, -0.25) is 19.7 Å². The molecule has 9 nitrogen and oxygen atoms in total. The number of benzene rings is 3. The number of rotatable bonds is 7. The Morgan fingerprint density at radius 1 is 0.944 bits per heavy atom. The van der Waals surface area contributed by atoms with Crippen molar-refractivity contribution in [2.24, 2.45) is 0 Å². The number of urea groups is 1. The van der Waals surface area contributed by atoms with Crippen LogP contribution in [-0.4, -0.2) is 37.5 Å². The van der Waals surface area contributed by atoms with Crippen molar-refractivity contribution < 1.29 is 33.0 Å². The normalized spacial score (nSPS) is 14.4. The highest BCUT2D eigenvalue weighted by Gasteiger charge is 2.36. The van der Waals surface area contributed by atoms with Crippen LogP contribution in [0.3, 0.4) is 0 Å². The Bertz CT molecular complexity index is 1340. The summed E-state index contributed by atoms with van der Waals surface area (Å²) in [5.74, 6) is -1.52. The van der Waals surface area contributed by atoms with Crippen molar-refractivity contribution in [3.8, 4) is 11.5 Å². The van der Waals surface area contributed by atoms with Gasteiger partial charge in [0.15, 0.2) is 6.61 Å². The quantitative estimate of drug-likeness (QED) is 0.388. The van der Waals surface area contributed by atoms with Crippen LogP contribution in [-0.2, 0) is 14.4 Å². The van der Waals surface area contributed by atoms with Gasteiger partial charge < -0.3 is 14.8 Å². The number of carbonyl (C=O) groups is 4. The van der Waals surface area contributed by atoms with E-state index in [-0.39, 0.29) is 23.8 Å². The SMILES string of the molecule is COc1ccc(NC(=O)COc2ccc(C=C3C(=O)NC(=O)N(c4ccc(F)cc4)C3=O)cc2)cc1. The van der Waals surface area contributed by atoms with Gasteiger partial charge in [0.1, 0.15) is 22.9 Å². The molecule has 0 saturated carbocycles. The van der Waals surface area contributed by atoms with Crippen molar-refractivity contribution in [3.05, 3.63) is 89.8 Å². The van der Waals surface area contributed by atoms with E-state index in [1.165, 1.54) is 18.2 Å². The molecular formula is C26H20FN3O6. The molecule has 2 N–H and O–H groups in total. The van der Waals surface area contributed by atoms with E-state index >= 15 is 0 Å². The molecule has 0 atom stereocenters. The molecule has 1 fully saturated rings. The summed E-state index contributed by atoms with van der Waals surface area (Å²) in [6.45, 7) is -0.234. The zero-order chi connectivity index (χ0) is 25.7. The summed E-state index contributed by atoms with van der Waals surface area (Å²) in [6.07, 6.45) is 1.32. The number of imide groups is 2. The monoisotopic (exact) mass is 489 g/mol. The van der Waals surface area contributed by atoms with Crippen molar-refractivity contribution in [2.75, 3.05) is 23.9 Å². The highest BCUT2D eigenvalue weighted by atomic mass is 19.1. The first-order valence-electron chi connectivity index (χ1n) is 10.7. The van der Waals surface area contributed by atoms with Gasteiger partial charge in [-0.1, -0.05) is 12.1 Å². The summed E-state index contributed by atoms with van der Waals surface area (Å²) in [5, 5.41) is 4.80. The number of amides is 5. The van der Waals surface area contributed by atoms with Gasteiger partial charge in [0.05, 0.1) is 12.8 Å². The molecular weight excluding hydrogens is 469 g/mol. The van der Waals surface area contributed by atoms with Crippen LogP contribution in [0.1, 0.15) is 5.56 Å².